The van der Waals surface area contributed by atoms with Crippen LogP contribution in [0.1, 0.15) is 34.5 Å². The number of piperidine rings is 1. The molecule has 1 aliphatic rings. The lowest BCUT2D eigenvalue weighted by atomic mass is 9.73. The quantitative estimate of drug-likeness (QED) is 0.939. The molecule has 1 aromatic heterocycles. The first-order valence-corrected chi connectivity index (χ1v) is 8.37. The van der Waals surface area contributed by atoms with E-state index < -0.39 is 11.4 Å². The maximum Gasteiger partial charge on any atom is 0.314 e. The summed E-state index contributed by atoms with van der Waals surface area (Å²) < 4.78 is 4.14. The average Bonchev–Trinajstić information content (AvgIpc) is 3.01. The van der Waals surface area contributed by atoms with Crippen LogP contribution in [0.2, 0.25) is 0 Å². The number of rotatable bonds is 3. The Bertz CT molecular complexity index is 718. The summed E-state index contributed by atoms with van der Waals surface area (Å²) in [5, 5.41) is 11.5. The number of carboxylic acids is 1. The van der Waals surface area contributed by atoms with Crippen LogP contribution in [-0.4, -0.2) is 39.3 Å². The van der Waals surface area contributed by atoms with Gasteiger partial charge in [0, 0.05) is 18.5 Å². The SMILES string of the molecule is Cc1nscc1C(=O)N1CCC(C(=O)O)(c2ccccc2)CC1. The Labute approximate surface area is 138 Å². The molecule has 1 fully saturated rings. The number of aliphatic carboxylic acids is 1. The van der Waals surface area contributed by atoms with Crippen LogP contribution in [0.5, 0.6) is 0 Å². The highest BCUT2D eigenvalue weighted by Crippen LogP contribution is 2.36. The Morgan fingerprint density at radius 2 is 1.87 bits per heavy atom. The van der Waals surface area contributed by atoms with Gasteiger partial charge in [-0.05, 0) is 36.9 Å². The first-order valence-electron chi connectivity index (χ1n) is 7.54. The number of amides is 1. The molecule has 1 aromatic carbocycles. The molecule has 0 spiro atoms. The van der Waals surface area contributed by atoms with Crippen molar-refractivity contribution in [3.05, 3.63) is 52.5 Å². The molecule has 1 saturated heterocycles. The summed E-state index contributed by atoms with van der Waals surface area (Å²) in [5.41, 5.74) is 1.27. The maximum atomic E-state index is 12.5. The van der Waals surface area contributed by atoms with Crippen molar-refractivity contribution in [3.63, 3.8) is 0 Å². The zero-order valence-corrected chi connectivity index (χ0v) is 13.7. The van der Waals surface area contributed by atoms with Crippen molar-refractivity contribution >= 4 is 23.4 Å². The van der Waals surface area contributed by atoms with Crippen LogP contribution >= 0.6 is 11.5 Å². The molecule has 23 heavy (non-hydrogen) atoms. The first kappa shape index (κ1) is 15.7. The molecule has 0 unspecified atom stereocenters. The summed E-state index contributed by atoms with van der Waals surface area (Å²) in [4.78, 5) is 26.2. The molecule has 2 aromatic rings. The Hall–Kier alpha value is -2.21. The largest absolute Gasteiger partial charge is 0.481 e. The average molecular weight is 330 g/mol. The first-order chi connectivity index (χ1) is 11.0. The monoisotopic (exact) mass is 330 g/mol. The van der Waals surface area contributed by atoms with Gasteiger partial charge in [0.25, 0.3) is 5.91 Å². The molecule has 0 atom stereocenters. The molecule has 120 valence electrons. The molecular weight excluding hydrogens is 312 g/mol. The minimum atomic E-state index is -0.903. The topological polar surface area (TPSA) is 70.5 Å². The number of likely N-dealkylation sites (tertiary alicyclic amines) is 1. The molecule has 0 aliphatic carbocycles. The third-order valence-electron chi connectivity index (χ3n) is 4.62. The van der Waals surface area contributed by atoms with E-state index >= 15 is 0 Å². The second kappa shape index (κ2) is 6.12. The Balaban J connectivity index is 1.80. The van der Waals surface area contributed by atoms with Gasteiger partial charge >= 0.3 is 5.97 Å². The minimum absolute atomic E-state index is 0.0525. The third-order valence-corrected chi connectivity index (χ3v) is 5.34. The van der Waals surface area contributed by atoms with E-state index in [9.17, 15) is 14.7 Å². The molecule has 2 heterocycles. The molecule has 1 N–H and O–H groups in total. The fourth-order valence-electron chi connectivity index (χ4n) is 3.14. The van der Waals surface area contributed by atoms with Gasteiger partial charge in [0.05, 0.1) is 16.7 Å². The lowest BCUT2D eigenvalue weighted by Gasteiger charge is -2.39. The van der Waals surface area contributed by atoms with Crippen molar-refractivity contribution < 1.29 is 14.7 Å². The van der Waals surface area contributed by atoms with Crippen molar-refractivity contribution in [2.75, 3.05) is 13.1 Å². The maximum absolute atomic E-state index is 12.5. The fraction of sp³-hybridized carbons (Fsp3) is 0.353. The van der Waals surface area contributed by atoms with Crippen molar-refractivity contribution in [3.8, 4) is 0 Å². The number of hydrogen-bond acceptors (Lipinski definition) is 4. The van der Waals surface area contributed by atoms with Crippen LogP contribution in [0.3, 0.4) is 0 Å². The second-order valence-corrected chi connectivity index (χ2v) is 6.49. The van der Waals surface area contributed by atoms with E-state index in [2.05, 4.69) is 4.37 Å². The predicted octanol–water partition coefficient (Wildman–Crippen LogP) is 2.71. The third kappa shape index (κ3) is 2.74. The van der Waals surface area contributed by atoms with Gasteiger partial charge in [0.15, 0.2) is 0 Å². The van der Waals surface area contributed by atoms with Crippen LogP contribution < -0.4 is 0 Å². The van der Waals surface area contributed by atoms with Gasteiger partial charge in [-0.3, -0.25) is 9.59 Å². The van der Waals surface area contributed by atoms with E-state index in [1.807, 2.05) is 37.3 Å². The van der Waals surface area contributed by atoms with Gasteiger partial charge in [0.1, 0.15) is 0 Å². The summed E-state index contributed by atoms with van der Waals surface area (Å²) in [7, 11) is 0. The molecule has 3 rings (SSSR count). The number of hydrogen-bond donors (Lipinski definition) is 1. The Morgan fingerprint density at radius 1 is 1.22 bits per heavy atom. The smallest absolute Gasteiger partial charge is 0.314 e. The molecule has 1 amide bonds. The lowest BCUT2D eigenvalue weighted by Crippen LogP contribution is -2.49. The van der Waals surface area contributed by atoms with E-state index in [0.29, 0.717) is 31.5 Å². The van der Waals surface area contributed by atoms with Crippen LogP contribution in [0.15, 0.2) is 35.7 Å². The minimum Gasteiger partial charge on any atom is -0.481 e. The zero-order valence-electron chi connectivity index (χ0n) is 12.9. The van der Waals surface area contributed by atoms with Crippen LogP contribution in [0.25, 0.3) is 0 Å². The number of benzene rings is 1. The summed E-state index contributed by atoms with van der Waals surface area (Å²) in [6, 6.07) is 9.32. The number of carbonyl (C=O) groups excluding carboxylic acids is 1. The van der Waals surface area contributed by atoms with Gasteiger partial charge < -0.3 is 10.0 Å². The number of carboxylic acid groups (broad SMARTS) is 1. The molecule has 1 aliphatic heterocycles. The molecule has 0 saturated carbocycles. The van der Waals surface area contributed by atoms with Gasteiger partial charge in [-0.1, -0.05) is 30.3 Å². The van der Waals surface area contributed by atoms with E-state index in [-0.39, 0.29) is 5.91 Å². The van der Waals surface area contributed by atoms with Gasteiger partial charge in [-0.25, -0.2) is 0 Å². The van der Waals surface area contributed by atoms with E-state index in [0.717, 1.165) is 11.3 Å². The summed E-state index contributed by atoms with van der Waals surface area (Å²) in [6.07, 6.45) is 0.851. The van der Waals surface area contributed by atoms with Crippen LogP contribution in [0.4, 0.5) is 0 Å². The van der Waals surface area contributed by atoms with Crippen molar-refractivity contribution in [1.29, 1.82) is 0 Å². The number of nitrogens with zero attached hydrogens (tertiary/aromatic N) is 2. The lowest BCUT2D eigenvalue weighted by molar-refractivity contribution is -0.145. The standard InChI is InChI=1S/C17H18N2O3S/c1-12-14(11-23-18-12)15(20)19-9-7-17(8-10-19,16(21)22)13-5-3-2-4-6-13/h2-6,11H,7-10H2,1H3,(H,21,22). The Kier molecular flexibility index (Phi) is 4.17. The number of carbonyl (C=O) groups is 2. The highest BCUT2D eigenvalue weighted by Gasteiger charge is 2.44. The number of aryl methyl sites for hydroxylation is 1. The molecular formula is C17H18N2O3S. The van der Waals surface area contributed by atoms with Crippen LogP contribution in [-0.2, 0) is 10.2 Å². The van der Waals surface area contributed by atoms with E-state index in [1.165, 1.54) is 11.5 Å². The van der Waals surface area contributed by atoms with Gasteiger partial charge in [0.2, 0.25) is 0 Å². The van der Waals surface area contributed by atoms with Gasteiger partial charge in [-0.2, -0.15) is 4.37 Å². The molecule has 6 heteroatoms. The molecule has 5 nitrogen and oxygen atoms in total. The van der Waals surface area contributed by atoms with E-state index in [1.54, 1.807) is 10.3 Å². The van der Waals surface area contributed by atoms with Crippen molar-refractivity contribution in [2.45, 2.75) is 25.2 Å². The summed E-state index contributed by atoms with van der Waals surface area (Å²) in [6.45, 7) is 2.70. The second-order valence-electron chi connectivity index (χ2n) is 5.86. The van der Waals surface area contributed by atoms with Gasteiger partial charge in [-0.15, -0.1) is 0 Å². The summed E-state index contributed by atoms with van der Waals surface area (Å²) >= 11 is 1.27. The summed E-state index contributed by atoms with van der Waals surface area (Å²) in [5.74, 6) is -0.868. The normalized spacial score (nSPS) is 17.0. The predicted molar refractivity (Wildman–Crippen MR) is 87.7 cm³/mol. The fourth-order valence-corrected chi connectivity index (χ4v) is 3.83. The molecule has 0 bridgehead atoms. The molecule has 0 radical (unpaired) electrons. The van der Waals surface area contributed by atoms with Crippen molar-refractivity contribution in [1.82, 2.24) is 9.27 Å². The highest BCUT2D eigenvalue weighted by molar-refractivity contribution is 7.03. The Morgan fingerprint density at radius 3 is 2.39 bits per heavy atom. The van der Waals surface area contributed by atoms with Crippen LogP contribution in [0, 0.1) is 6.92 Å². The number of aromatic nitrogens is 1. The zero-order chi connectivity index (χ0) is 16.4. The highest BCUT2D eigenvalue weighted by atomic mass is 32.1. The van der Waals surface area contributed by atoms with Crippen molar-refractivity contribution in [2.24, 2.45) is 0 Å². The van der Waals surface area contributed by atoms with E-state index in [4.69, 9.17) is 0 Å².